The van der Waals surface area contributed by atoms with Crippen LogP contribution in [-0.4, -0.2) is 27.9 Å². The fraction of sp³-hybridized carbons (Fsp3) is 0.276. The lowest BCUT2D eigenvalue weighted by Crippen LogP contribution is -2.25. The summed E-state index contributed by atoms with van der Waals surface area (Å²) in [5, 5.41) is 16.3. The van der Waals surface area contributed by atoms with E-state index in [9.17, 15) is 14.9 Å². The maximum Gasteiger partial charge on any atom is 0.282 e. The topological polar surface area (TPSA) is 109 Å². The van der Waals surface area contributed by atoms with E-state index in [1.165, 1.54) is 30.3 Å². The lowest BCUT2D eigenvalue weighted by atomic mass is 9.88. The van der Waals surface area contributed by atoms with E-state index in [-0.39, 0.29) is 23.8 Å². The van der Waals surface area contributed by atoms with Crippen molar-refractivity contribution in [3.63, 3.8) is 0 Å². The Morgan fingerprint density at radius 1 is 1.08 bits per heavy atom. The van der Waals surface area contributed by atoms with Crippen LogP contribution < -0.4 is 15.0 Å². The van der Waals surface area contributed by atoms with Crippen molar-refractivity contribution in [2.75, 3.05) is 7.11 Å². The maximum atomic E-state index is 13.5. The summed E-state index contributed by atoms with van der Waals surface area (Å²) in [7, 11) is 1.54. The fourth-order valence-corrected chi connectivity index (χ4v) is 4.86. The van der Waals surface area contributed by atoms with Crippen LogP contribution in [0.15, 0.2) is 76.6 Å². The van der Waals surface area contributed by atoms with Crippen molar-refractivity contribution in [3.8, 4) is 11.5 Å². The molecule has 1 aromatic heterocycles. The van der Waals surface area contributed by atoms with Gasteiger partial charge in [-0.15, -0.1) is 0 Å². The number of aromatic nitrogens is 2. The minimum Gasteiger partial charge on any atom is -0.493 e. The third-order valence-electron chi connectivity index (χ3n) is 6.80. The van der Waals surface area contributed by atoms with Crippen LogP contribution in [0.3, 0.4) is 0 Å². The Hall–Kier alpha value is -4.53. The number of nitro groups is 1. The molecule has 0 radical (unpaired) electrons. The number of fused-ring (bicyclic) bond motifs is 1. The van der Waals surface area contributed by atoms with Gasteiger partial charge in [0.25, 0.3) is 11.2 Å². The molecule has 38 heavy (non-hydrogen) atoms. The lowest BCUT2D eigenvalue weighted by Gasteiger charge is -2.22. The Kier molecular flexibility index (Phi) is 7.44. The van der Waals surface area contributed by atoms with Gasteiger partial charge in [-0.2, -0.15) is 9.78 Å². The van der Waals surface area contributed by atoms with E-state index in [2.05, 4.69) is 5.10 Å². The van der Waals surface area contributed by atoms with Gasteiger partial charge in [-0.1, -0.05) is 49.6 Å². The molecule has 1 aliphatic carbocycles. The Morgan fingerprint density at radius 2 is 1.87 bits per heavy atom. The zero-order valence-corrected chi connectivity index (χ0v) is 21.1. The third-order valence-corrected chi connectivity index (χ3v) is 6.80. The summed E-state index contributed by atoms with van der Waals surface area (Å²) in [5.74, 6) is 1.74. The van der Waals surface area contributed by atoms with Crippen LogP contribution >= 0.6 is 0 Å². The molecule has 1 heterocycles. The first-order valence-corrected chi connectivity index (χ1v) is 12.6. The molecule has 0 amide bonds. The highest BCUT2D eigenvalue weighted by Gasteiger charge is 2.22. The van der Waals surface area contributed by atoms with Crippen LogP contribution in [0.1, 0.15) is 55.0 Å². The average Bonchev–Trinajstić information content (AvgIpc) is 2.96. The summed E-state index contributed by atoms with van der Waals surface area (Å²) < 4.78 is 13.0. The summed E-state index contributed by atoms with van der Waals surface area (Å²) >= 11 is 0. The van der Waals surface area contributed by atoms with Gasteiger partial charge in [-0.05, 0) is 42.7 Å². The van der Waals surface area contributed by atoms with E-state index in [0.717, 1.165) is 25.7 Å². The smallest absolute Gasteiger partial charge is 0.282 e. The number of para-hydroxylation sites is 2. The van der Waals surface area contributed by atoms with Crippen LogP contribution in [0.2, 0.25) is 0 Å². The van der Waals surface area contributed by atoms with Crippen molar-refractivity contribution < 1.29 is 14.4 Å². The minimum atomic E-state index is -0.441. The van der Waals surface area contributed by atoms with Crippen molar-refractivity contribution in [1.82, 2.24) is 9.66 Å². The predicted octanol–water partition coefficient (Wildman–Crippen LogP) is 5.82. The van der Waals surface area contributed by atoms with Crippen LogP contribution in [0.4, 0.5) is 5.69 Å². The molecule has 1 saturated carbocycles. The van der Waals surface area contributed by atoms with E-state index in [4.69, 9.17) is 14.5 Å². The van der Waals surface area contributed by atoms with Gasteiger partial charge in [0, 0.05) is 23.6 Å². The summed E-state index contributed by atoms with van der Waals surface area (Å²) in [4.78, 5) is 29.1. The molecule has 194 valence electrons. The molecule has 1 fully saturated rings. The second kappa shape index (κ2) is 11.2. The molecule has 9 nitrogen and oxygen atoms in total. The minimum absolute atomic E-state index is 0.00802. The monoisotopic (exact) mass is 512 g/mol. The molecule has 0 saturated heterocycles. The molecule has 0 N–H and O–H groups in total. The molecular formula is C29H28N4O5. The molecule has 0 unspecified atom stereocenters. The number of benzene rings is 3. The first-order valence-electron chi connectivity index (χ1n) is 12.6. The van der Waals surface area contributed by atoms with Gasteiger partial charge in [-0.25, -0.2) is 4.98 Å². The van der Waals surface area contributed by atoms with E-state index >= 15 is 0 Å². The predicted molar refractivity (Wildman–Crippen MR) is 145 cm³/mol. The highest BCUT2D eigenvalue weighted by molar-refractivity contribution is 5.85. The summed E-state index contributed by atoms with van der Waals surface area (Å²) in [6.45, 7) is 0.0910. The third kappa shape index (κ3) is 5.27. The van der Waals surface area contributed by atoms with Crippen molar-refractivity contribution in [2.45, 2.75) is 44.6 Å². The lowest BCUT2D eigenvalue weighted by molar-refractivity contribution is -0.384. The second-order valence-corrected chi connectivity index (χ2v) is 9.28. The SMILES string of the molecule is COc1cccc(C=Nn2c(C3CCCCC3)nc3ccccc3c2=O)c1OCc1cccc([N+](=O)[O-])c1. The first kappa shape index (κ1) is 25.1. The van der Waals surface area contributed by atoms with E-state index < -0.39 is 4.92 Å². The maximum absolute atomic E-state index is 13.5. The molecule has 9 heteroatoms. The molecular weight excluding hydrogens is 484 g/mol. The first-order chi connectivity index (χ1) is 18.5. The van der Waals surface area contributed by atoms with Gasteiger partial charge in [-0.3, -0.25) is 14.9 Å². The number of nitrogens with zero attached hydrogens (tertiary/aromatic N) is 4. The van der Waals surface area contributed by atoms with Gasteiger partial charge < -0.3 is 9.47 Å². The summed E-state index contributed by atoms with van der Waals surface area (Å²) in [6.07, 6.45) is 6.90. The van der Waals surface area contributed by atoms with Gasteiger partial charge >= 0.3 is 0 Å². The van der Waals surface area contributed by atoms with E-state index in [0.29, 0.717) is 39.4 Å². The highest BCUT2D eigenvalue weighted by Crippen LogP contribution is 2.33. The fourth-order valence-electron chi connectivity index (χ4n) is 4.86. The molecule has 0 spiro atoms. The van der Waals surface area contributed by atoms with E-state index in [1.54, 1.807) is 30.5 Å². The van der Waals surface area contributed by atoms with Crippen molar-refractivity contribution >= 4 is 22.8 Å². The van der Waals surface area contributed by atoms with Crippen LogP contribution in [0.5, 0.6) is 11.5 Å². The highest BCUT2D eigenvalue weighted by atomic mass is 16.6. The Bertz CT molecular complexity index is 1560. The molecule has 4 aromatic rings. The number of methoxy groups -OCH3 is 1. The largest absolute Gasteiger partial charge is 0.493 e. The Morgan fingerprint density at radius 3 is 2.66 bits per heavy atom. The number of non-ortho nitro benzene ring substituents is 1. The zero-order chi connectivity index (χ0) is 26.5. The van der Waals surface area contributed by atoms with Gasteiger partial charge in [0.1, 0.15) is 12.4 Å². The molecule has 3 aromatic carbocycles. The van der Waals surface area contributed by atoms with Crippen molar-refractivity contribution in [2.24, 2.45) is 5.10 Å². The quantitative estimate of drug-likeness (QED) is 0.167. The number of hydrogen-bond acceptors (Lipinski definition) is 7. The van der Waals surface area contributed by atoms with Gasteiger partial charge in [0.2, 0.25) is 0 Å². The second-order valence-electron chi connectivity index (χ2n) is 9.28. The summed E-state index contributed by atoms with van der Waals surface area (Å²) in [5.41, 5.74) is 1.69. The average molecular weight is 513 g/mol. The molecule has 1 aliphatic rings. The molecule has 5 rings (SSSR count). The van der Waals surface area contributed by atoms with E-state index in [1.807, 2.05) is 30.3 Å². The molecule has 0 bridgehead atoms. The van der Waals surface area contributed by atoms with Crippen molar-refractivity contribution in [3.05, 3.63) is 104 Å². The van der Waals surface area contributed by atoms with Gasteiger partial charge in [0.15, 0.2) is 11.5 Å². The van der Waals surface area contributed by atoms with Crippen LogP contribution in [-0.2, 0) is 6.61 Å². The van der Waals surface area contributed by atoms with Crippen LogP contribution in [0, 0.1) is 10.1 Å². The molecule has 0 atom stereocenters. The standard InChI is InChI=1S/C29H28N4O5/c1-37-26-16-8-12-22(27(26)38-19-20-9-7-13-23(17-20)33(35)36)18-30-32-28(21-10-3-2-4-11-21)31-25-15-6-5-14-24(25)29(32)34/h5-9,12-18,21H,2-4,10-11,19H2,1H3. The van der Waals surface area contributed by atoms with Crippen LogP contribution in [0.25, 0.3) is 10.9 Å². The van der Waals surface area contributed by atoms with Crippen molar-refractivity contribution in [1.29, 1.82) is 0 Å². The number of nitro benzene ring substituents is 1. The van der Waals surface area contributed by atoms with Gasteiger partial charge in [0.05, 0.1) is 29.2 Å². The zero-order valence-electron chi connectivity index (χ0n) is 21.1. The Labute approximate surface area is 219 Å². The normalized spacial score (nSPS) is 14.1. The number of rotatable bonds is 8. The Balaban J connectivity index is 1.52. The molecule has 0 aliphatic heterocycles. The number of ether oxygens (including phenoxy) is 2. The summed E-state index contributed by atoms with van der Waals surface area (Å²) in [6, 6.07) is 19.0. The number of hydrogen-bond donors (Lipinski definition) is 0.